The Morgan fingerprint density at radius 3 is 2.69 bits per heavy atom. The lowest BCUT2D eigenvalue weighted by atomic mass is 10.1. The van der Waals surface area contributed by atoms with Crippen molar-refractivity contribution in [3.63, 3.8) is 0 Å². The molecule has 16 heavy (non-hydrogen) atoms. The van der Waals surface area contributed by atoms with Crippen LogP contribution in [0.2, 0.25) is 10.0 Å². The molecule has 0 radical (unpaired) electrons. The van der Waals surface area contributed by atoms with Crippen LogP contribution in [-0.4, -0.2) is 11.5 Å². The zero-order valence-electron chi connectivity index (χ0n) is 9.76. The third kappa shape index (κ3) is 5.04. The van der Waals surface area contributed by atoms with Crippen LogP contribution >= 0.6 is 23.2 Å². The zero-order chi connectivity index (χ0) is 12.0. The largest absolute Gasteiger partial charge is 0.369 e. The van der Waals surface area contributed by atoms with E-state index in [0.29, 0.717) is 10.0 Å². The first-order valence-corrected chi connectivity index (χ1v) is 6.40. The quantitative estimate of drug-likeness (QED) is 0.755. The third-order valence-electron chi connectivity index (χ3n) is 2.31. The van der Waals surface area contributed by atoms with Gasteiger partial charge in [0.1, 0.15) is 5.82 Å². The van der Waals surface area contributed by atoms with Gasteiger partial charge in [-0.15, -0.1) is 0 Å². The summed E-state index contributed by atoms with van der Waals surface area (Å²) in [4.78, 5) is 4.14. The summed E-state index contributed by atoms with van der Waals surface area (Å²) in [7, 11) is 0. The van der Waals surface area contributed by atoms with E-state index >= 15 is 0 Å². The number of nitrogens with one attached hydrogen (secondary N) is 1. The van der Waals surface area contributed by atoms with Gasteiger partial charge in [0.15, 0.2) is 0 Å². The van der Waals surface area contributed by atoms with Crippen LogP contribution in [0.4, 0.5) is 5.82 Å². The molecule has 90 valence electrons. The normalized spacial score (nSPS) is 10.8. The topological polar surface area (TPSA) is 24.9 Å². The first kappa shape index (κ1) is 13.6. The molecule has 4 heteroatoms. The molecular formula is C12H18Cl2N2. The van der Waals surface area contributed by atoms with Crippen molar-refractivity contribution in [2.24, 2.45) is 5.92 Å². The van der Waals surface area contributed by atoms with Crippen molar-refractivity contribution < 1.29 is 0 Å². The second-order valence-corrected chi connectivity index (χ2v) is 5.14. The van der Waals surface area contributed by atoms with Crippen LogP contribution in [0.5, 0.6) is 0 Å². The van der Waals surface area contributed by atoms with Gasteiger partial charge in [0.25, 0.3) is 0 Å². The molecule has 1 N–H and O–H groups in total. The smallest absolute Gasteiger partial charge is 0.144 e. The number of hydrogen-bond acceptors (Lipinski definition) is 2. The number of hydrogen-bond donors (Lipinski definition) is 1. The number of nitrogens with zero attached hydrogens (tertiary/aromatic N) is 1. The molecule has 0 atom stereocenters. The number of pyridine rings is 1. The van der Waals surface area contributed by atoms with Crippen molar-refractivity contribution in [1.82, 2.24) is 4.98 Å². The molecule has 0 amide bonds. The molecule has 0 saturated carbocycles. The van der Waals surface area contributed by atoms with Gasteiger partial charge < -0.3 is 5.32 Å². The Labute approximate surface area is 107 Å². The standard InChI is InChI=1S/C12H18Cl2N2/c1-9(2)5-3-4-6-15-12-11(14)7-10(13)8-16-12/h7-9H,3-6H2,1-2H3,(H,15,16). The molecule has 1 aromatic heterocycles. The van der Waals surface area contributed by atoms with E-state index in [4.69, 9.17) is 23.2 Å². The monoisotopic (exact) mass is 260 g/mol. The number of halogens is 2. The van der Waals surface area contributed by atoms with E-state index < -0.39 is 0 Å². The molecule has 0 spiro atoms. The van der Waals surface area contributed by atoms with Gasteiger partial charge in [-0.25, -0.2) is 4.98 Å². The maximum Gasteiger partial charge on any atom is 0.144 e. The van der Waals surface area contributed by atoms with Crippen molar-refractivity contribution in [1.29, 1.82) is 0 Å². The summed E-state index contributed by atoms with van der Waals surface area (Å²) in [6.45, 7) is 5.39. The van der Waals surface area contributed by atoms with Gasteiger partial charge in [-0.2, -0.15) is 0 Å². The van der Waals surface area contributed by atoms with E-state index in [-0.39, 0.29) is 0 Å². The van der Waals surface area contributed by atoms with Crippen LogP contribution in [0.25, 0.3) is 0 Å². The Hall–Kier alpha value is -0.470. The summed E-state index contributed by atoms with van der Waals surface area (Å²) >= 11 is 11.7. The van der Waals surface area contributed by atoms with E-state index in [9.17, 15) is 0 Å². The van der Waals surface area contributed by atoms with Gasteiger partial charge >= 0.3 is 0 Å². The molecule has 1 heterocycles. The van der Waals surface area contributed by atoms with Crippen molar-refractivity contribution >= 4 is 29.0 Å². The molecule has 0 saturated heterocycles. The summed E-state index contributed by atoms with van der Waals surface area (Å²) in [5.41, 5.74) is 0. The van der Waals surface area contributed by atoms with Crippen LogP contribution in [0.15, 0.2) is 12.3 Å². The SMILES string of the molecule is CC(C)CCCCNc1ncc(Cl)cc1Cl. The lowest BCUT2D eigenvalue weighted by Gasteiger charge is -2.08. The highest BCUT2D eigenvalue weighted by atomic mass is 35.5. The highest BCUT2D eigenvalue weighted by molar-refractivity contribution is 6.35. The fourth-order valence-corrected chi connectivity index (χ4v) is 1.88. The van der Waals surface area contributed by atoms with E-state index in [2.05, 4.69) is 24.1 Å². The highest BCUT2D eigenvalue weighted by Gasteiger charge is 2.01. The molecule has 0 aromatic carbocycles. The minimum Gasteiger partial charge on any atom is -0.369 e. The fourth-order valence-electron chi connectivity index (χ4n) is 1.43. The maximum absolute atomic E-state index is 5.98. The Bertz CT molecular complexity index is 327. The van der Waals surface area contributed by atoms with Crippen molar-refractivity contribution in [3.8, 4) is 0 Å². The van der Waals surface area contributed by atoms with E-state index in [0.717, 1.165) is 24.7 Å². The van der Waals surface area contributed by atoms with Gasteiger partial charge in [-0.05, 0) is 18.4 Å². The summed E-state index contributed by atoms with van der Waals surface area (Å²) in [6.07, 6.45) is 5.24. The third-order valence-corrected chi connectivity index (χ3v) is 2.80. The van der Waals surface area contributed by atoms with Crippen molar-refractivity contribution in [2.75, 3.05) is 11.9 Å². The Morgan fingerprint density at radius 2 is 2.06 bits per heavy atom. The lowest BCUT2D eigenvalue weighted by Crippen LogP contribution is -2.04. The number of anilines is 1. The predicted octanol–water partition coefficient (Wildman–Crippen LogP) is 4.63. The molecule has 0 bridgehead atoms. The number of rotatable bonds is 6. The molecule has 0 fully saturated rings. The Balaban J connectivity index is 2.27. The van der Waals surface area contributed by atoms with Crippen LogP contribution in [0, 0.1) is 5.92 Å². The Kier molecular flexibility index (Phi) is 5.93. The zero-order valence-corrected chi connectivity index (χ0v) is 11.3. The first-order valence-electron chi connectivity index (χ1n) is 5.64. The molecule has 0 aliphatic heterocycles. The van der Waals surface area contributed by atoms with Crippen LogP contribution in [0.3, 0.4) is 0 Å². The van der Waals surface area contributed by atoms with Gasteiger partial charge in [-0.3, -0.25) is 0 Å². The second-order valence-electron chi connectivity index (χ2n) is 4.30. The first-order chi connectivity index (χ1) is 7.59. The van der Waals surface area contributed by atoms with Gasteiger partial charge in [0.2, 0.25) is 0 Å². The van der Waals surface area contributed by atoms with Crippen LogP contribution in [-0.2, 0) is 0 Å². The molecule has 0 unspecified atom stereocenters. The molecule has 1 aromatic rings. The van der Waals surface area contributed by atoms with Crippen LogP contribution < -0.4 is 5.32 Å². The number of unbranched alkanes of at least 4 members (excludes halogenated alkanes) is 1. The second kappa shape index (κ2) is 6.97. The molecular weight excluding hydrogens is 243 g/mol. The molecule has 2 nitrogen and oxygen atoms in total. The minimum atomic E-state index is 0.565. The van der Waals surface area contributed by atoms with E-state index in [1.165, 1.54) is 12.8 Å². The van der Waals surface area contributed by atoms with Crippen molar-refractivity contribution in [3.05, 3.63) is 22.3 Å². The Morgan fingerprint density at radius 1 is 1.31 bits per heavy atom. The molecule has 0 aliphatic carbocycles. The summed E-state index contributed by atoms with van der Waals surface area (Å²) < 4.78 is 0. The minimum absolute atomic E-state index is 0.565. The predicted molar refractivity (Wildman–Crippen MR) is 71.4 cm³/mol. The summed E-state index contributed by atoms with van der Waals surface area (Å²) in [6, 6.07) is 1.70. The van der Waals surface area contributed by atoms with Gasteiger partial charge in [0, 0.05) is 12.7 Å². The maximum atomic E-state index is 5.98. The molecule has 0 aliphatic rings. The van der Waals surface area contributed by atoms with E-state index in [1.807, 2.05) is 0 Å². The fraction of sp³-hybridized carbons (Fsp3) is 0.583. The average molecular weight is 261 g/mol. The van der Waals surface area contributed by atoms with Gasteiger partial charge in [0.05, 0.1) is 10.0 Å². The summed E-state index contributed by atoms with van der Waals surface area (Å²) in [5.74, 6) is 1.49. The van der Waals surface area contributed by atoms with Gasteiger partial charge in [-0.1, -0.05) is 49.9 Å². The average Bonchev–Trinajstić information content (AvgIpc) is 2.20. The van der Waals surface area contributed by atoms with E-state index in [1.54, 1.807) is 12.3 Å². The lowest BCUT2D eigenvalue weighted by molar-refractivity contribution is 0.544. The molecule has 1 rings (SSSR count). The number of aromatic nitrogens is 1. The highest BCUT2D eigenvalue weighted by Crippen LogP contribution is 2.22. The van der Waals surface area contributed by atoms with Crippen LogP contribution in [0.1, 0.15) is 33.1 Å². The summed E-state index contributed by atoms with van der Waals surface area (Å²) in [5, 5.41) is 4.36. The van der Waals surface area contributed by atoms with Crippen molar-refractivity contribution in [2.45, 2.75) is 33.1 Å².